The Morgan fingerprint density at radius 2 is 2.23 bits per heavy atom. The van der Waals surface area contributed by atoms with Gasteiger partial charge in [0.15, 0.2) is 0 Å². The van der Waals surface area contributed by atoms with E-state index in [9.17, 15) is 13.6 Å². The van der Waals surface area contributed by atoms with E-state index < -0.39 is 18.1 Å². The third kappa shape index (κ3) is 2.12. The molecule has 0 radical (unpaired) electrons. The number of carboxylic acids is 1. The quantitative estimate of drug-likeness (QED) is 0.810. The number of halogens is 3. The zero-order valence-corrected chi connectivity index (χ0v) is 6.92. The first-order valence-corrected chi connectivity index (χ1v) is 3.57. The van der Waals surface area contributed by atoms with Crippen LogP contribution in [0.5, 0.6) is 0 Å². The molecule has 1 N–H and O–H groups in total. The monoisotopic (exact) mass is 207 g/mol. The van der Waals surface area contributed by atoms with Crippen LogP contribution in [0.25, 0.3) is 0 Å². The fourth-order valence-corrected chi connectivity index (χ4v) is 0.975. The number of alkyl halides is 2. The topological polar surface area (TPSA) is 50.2 Å². The van der Waals surface area contributed by atoms with Gasteiger partial charge in [0.2, 0.25) is 0 Å². The maximum atomic E-state index is 12.1. The lowest BCUT2D eigenvalue weighted by molar-refractivity contribution is 0.0695. The van der Waals surface area contributed by atoms with Crippen LogP contribution in [0.1, 0.15) is 22.5 Å². The number of hydrogen-bond donors (Lipinski definition) is 1. The van der Waals surface area contributed by atoms with Crippen LogP contribution in [0, 0.1) is 0 Å². The molecule has 0 amide bonds. The Bertz CT molecular complexity index is 343. The van der Waals surface area contributed by atoms with E-state index in [2.05, 4.69) is 4.98 Å². The van der Waals surface area contributed by atoms with Crippen LogP contribution in [0.4, 0.5) is 8.78 Å². The van der Waals surface area contributed by atoms with Crippen molar-refractivity contribution < 1.29 is 18.7 Å². The van der Waals surface area contributed by atoms with Gasteiger partial charge in [0.1, 0.15) is 5.69 Å². The van der Waals surface area contributed by atoms with E-state index in [1.165, 1.54) is 0 Å². The molecule has 0 aromatic carbocycles. The van der Waals surface area contributed by atoms with Crippen molar-refractivity contribution in [1.29, 1.82) is 0 Å². The number of carbonyl (C=O) groups is 1. The highest BCUT2D eigenvalue weighted by atomic mass is 35.5. The van der Waals surface area contributed by atoms with Crippen LogP contribution < -0.4 is 0 Å². The second-order valence-corrected chi connectivity index (χ2v) is 2.60. The number of hydrogen-bond acceptors (Lipinski definition) is 2. The van der Waals surface area contributed by atoms with Crippen molar-refractivity contribution in [2.24, 2.45) is 0 Å². The molecular weight excluding hydrogens is 204 g/mol. The van der Waals surface area contributed by atoms with Gasteiger partial charge in [0.25, 0.3) is 6.43 Å². The molecule has 70 valence electrons. The summed E-state index contributed by atoms with van der Waals surface area (Å²) in [6, 6.07) is 0.943. The molecule has 0 bridgehead atoms. The maximum absolute atomic E-state index is 12.1. The van der Waals surface area contributed by atoms with E-state index in [0.29, 0.717) is 0 Å². The molecule has 13 heavy (non-hydrogen) atoms. The molecule has 0 saturated heterocycles. The number of rotatable bonds is 2. The normalized spacial score (nSPS) is 10.5. The Hall–Kier alpha value is -1.23. The van der Waals surface area contributed by atoms with E-state index in [0.717, 1.165) is 12.3 Å². The first-order valence-electron chi connectivity index (χ1n) is 3.19. The van der Waals surface area contributed by atoms with Gasteiger partial charge in [-0.2, -0.15) is 0 Å². The van der Waals surface area contributed by atoms with E-state index in [1.54, 1.807) is 0 Å². The summed E-state index contributed by atoms with van der Waals surface area (Å²) in [6.45, 7) is 0. The molecule has 6 heteroatoms. The summed E-state index contributed by atoms with van der Waals surface area (Å²) >= 11 is 5.36. The molecule has 0 aliphatic rings. The number of aromatic nitrogens is 1. The summed E-state index contributed by atoms with van der Waals surface area (Å²) in [5, 5.41) is 8.11. The van der Waals surface area contributed by atoms with Crippen molar-refractivity contribution in [3.63, 3.8) is 0 Å². The zero-order chi connectivity index (χ0) is 10.0. The fraction of sp³-hybridized carbons (Fsp3) is 0.143. The van der Waals surface area contributed by atoms with Gasteiger partial charge in [-0.15, -0.1) is 0 Å². The lowest BCUT2D eigenvalue weighted by Gasteiger charge is -2.01. The molecule has 0 atom stereocenters. The van der Waals surface area contributed by atoms with Gasteiger partial charge < -0.3 is 5.11 Å². The summed E-state index contributed by atoms with van der Waals surface area (Å²) in [6.07, 6.45) is -1.95. The molecule has 3 nitrogen and oxygen atoms in total. The number of nitrogens with zero attached hydrogens (tertiary/aromatic N) is 1. The summed E-state index contributed by atoms with van der Waals surface area (Å²) in [5.41, 5.74) is -0.818. The molecular formula is C7H4ClF2NO2. The number of aromatic carboxylic acids is 1. The van der Waals surface area contributed by atoms with Crippen LogP contribution >= 0.6 is 11.6 Å². The Kier molecular flexibility index (Phi) is 2.77. The second kappa shape index (κ2) is 3.66. The highest BCUT2D eigenvalue weighted by molar-refractivity contribution is 6.31. The molecule has 1 heterocycles. The SMILES string of the molecule is O=C(O)c1cnc(C(F)F)c(Cl)c1. The van der Waals surface area contributed by atoms with E-state index in [4.69, 9.17) is 16.7 Å². The first-order chi connectivity index (χ1) is 6.02. The predicted octanol–water partition coefficient (Wildman–Crippen LogP) is 2.37. The van der Waals surface area contributed by atoms with Crippen molar-refractivity contribution in [1.82, 2.24) is 4.98 Å². The van der Waals surface area contributed by atoms with Gasteiger partial charge in [-0.1, -0.05) is 11.6 Å². The van der Waals surface area contributed by atoms with Crippen LogP contribution in [0.3, 0.4) is 0 Å². The maximum Gasteiger partial charge on any atom is 0.337 e. The molecule has 0 aliphatic heterocycles. The molecule has 1 aromatic rings. The fourth-order valence-electron chi connectivity index (χ4n) is 0.726. The van der Waals surface area contributed by atoms with Crippen LogP contribution in [-0.4, -0.2) is 16.1 Å². The van der Waals surface area contributed by atoms with Gasteiger partial charge in [-0.3, -0.25) is 4.98 Å². The molecule has 0 fully saturated rings. The van der Waals surface area contributed by atoms with Gasteiger partial charge in [-0.05, 0) is 6.07 Å². The van der Waals surface area contributed by atoms with Crippen molar-refractivity contribution in [3.05, 3.63) is 28.5 Å². The standard InChI is InChI=1S/C7H4ClF2NO2/c8-4-1-3(7(12)13)2-11-5(4)6(9)10/h1-2,6H,(H,12,13). The van der Waals surface area contributed by atoms with Gasteiger partial charge in [0, 0.05) is 6.20 Å². The summed E-state index contributed by atoms with van der Waals surface area (Å²) < 4.78 is 24.1. The second-order valence-electron chi connectivity index (χ2n) is 2.20. The minimum atomic E-state index is -2.80. The summed E-state index contributed by atoms with van der Waals surface area (Å²) in [5.74, 6) is -1.25. The molecule has 1 rings (SSSR count). The number of carboxylic acid groups (broad SMARTS) is 1. The lowest BCUT2D eigenvalue weighted by atomic mass is 10.2. The Morgan fingerprint density at radius 1 is 1.62 bits per heavy atom. The molecule has 0 spiro atoms. The zero-order valence-electron chi connectivity index (χ0n) is 6.17. The lowest BCUT2D eigenvalue weighted by Crippen LogP contribution is -2.00. The third-order valence-electron chi connectivity index (χ3n) is 1.32. The Morgan fingerprint density at radius 3 is 2.62 bits per heavy atom. The Labute approximate surface area is 77.0 Å². The summed E-state index contributed by atoms with van der Waals surface area (Å²) in [4.78, 5) is 13.6. The van der Waals surface area contributed by atoms with Gasteiger partial charge in [-0.25, -0.2) is 13.6 Å². The smallest absolute Gasteiger partial charge is 0.337 e. The minimum Gasteiger partial charge on any atom is -0.478 e. The number of pyridine rings is 1. The average molecular weight is 208 g/mol. The van der Waals surface area contributed by atoms with Crippen LogP contribution in [-0.2, 0) is 0 Å². The minimum absolute atomic E-state index is 0.214. The highest BCUT2D eigenvalue weighted by Gasteiger charge is 2.15. The molecule has 0 saturated carbocycles. The highest BCUT2D eigenvalue weighted by Crippen LogP contribution is 2.25. The third-order valence-corrected chi connectivity index (χ3v) is 1.63. The van der Waals surface area contributed by atoms with Crippen LogP contribution in [0.2, 0.25) is 5.02 Å². The van der Waals surface area contributed by atoms with Crippen molar-refractivity contribution in [2.45, 2.75) is 6.43 Å². The van der Waals surface area contributed by atoms with E-state index in [-0.39, 0.29) is 10.6 Å². The average Bonchev–Trinajstić information content (AvgIpc) is 2.03. The predicted molar refractivity (Wildman–Crippen MR) is 41.2 cm³/mol. The van der Waals surface area contributed by atoms with Crippen molar-refractivity contribution >= 4 is 17.6 Å². The van der Waals surface area contributed by atoms with E-state index in [1.807, 2.05) is 0 Å². The largest absolute Gasteiger partial charge is 0.478 e. The van der Waals surface area contributed by atoms with Crippen molar-refractivity contribution in [2.75, 3.05) is 0 Å². The van der Waals surface area contributed by atoms with Crippen molar-refractivity contribution in [3.8, 4) is 0 Å². The van der Waals surface area contributed by atoms with Gasteiger partial charge >= 0.3 is 5.97 Å². The molecule has 0 unspecified atom stereocenters. The van der Waals surface area contributed by atoms with Crippen LogP contribution in [0.15, 0.2) is 12.3 Å². The van der Waals surface area contributed by atoms with E-state index >= 15 is 0 Å². The molecule has 1 aromatic heterocycles. The molecule has 0 aliphatic carbocycles. The summed E-state index contributed by atoms with van der Waals surface area (Å²) in [7, 11) is 0. The Balaban J connectivity index is 3.13. The first kappa shape index (κ1) is 9.85. The van der Waals surface area contributed by atoms with Gasteiger partial charge in [0.05, 0.1) is 10.6 Å².